The Labute approximate surface area is 120 Å². The van der Waals surface area contributed by atoms with Crippen LogP contribution in [-0.2, 0) is 4.74 Å². The van der Waals surface area contributed by atoms with Crippen LogP contribution in [0, 0.1) is 6.92 Å². The van der Waals surface area contributed by atoms with Crippen LogP contribution >= 0.6 is 0 Å². The smallest absolute Gasteiger partial charge is 0.407 e. The Hall–Kier alpha value is -1.85. The molecule has 112 valence electrons. The fourth-order valence-electron chi connectivity index (χ4n) is 1.55. The minimum Gasteiger partial charge on any atom is -0.444 e. The largest absolute Gasteiger partial charge is 0.444 e. The predicted octanol–water partition coefficient (Wildman–Crippen LogP) is 2.13. The third-order valence-corrected chi connectivity index (χ3v) is 2.72. The molecule has 1 rings (SSSR count). The SMILES string of the molecule is Cc1nccc(N(C)[C@H](C)CNC(=O)OC(C)(C)C)n1. The van der Waals surface area contributed by atoms with Crippen LogP contribution in [0.2, 0.25) is 0 Å². The monoisotopic (exact) mass is 280 g/mol. The van der Waals surface area contributed by atoms with Crippen LogP contribution in [0.1, 0.15) is 33.5 Å². The number of ether oxygens (including phenoxy) is 1. The van der Waals surface area contributed by atoms with Crippen molar-refractivity contribution in [3.05, 3.63) is 18.1 Å². The van der Waals surface area contributed by atoms with Gasteiger partial charge in [0.25, 0.3) is 0 Å². The number of aryl methyl sites for hydroxylation is 1. The fraction of sp³-hybridized carbons (Fsp3) is 0.643. The van der Waals surface area contributed by atoms with Gasteiger partial charge < -0.3 is 15.0 Å². The molecule has 0 aromatic carbocycles. The Morgan fingerprint density at radius 2 is 2.15 bits per heavy atom. The topological polar surface area (TPSA) is 67.4 Å². The molecule has 0 radical (unpaired) electrons. The number of hydrogen-bond acceptors (Lipinski definition) is 5. The highest BCUT2D eigenvalue weighted by atomic mass is 16.6. The Morgan fingerprint density at radius 1 is 1.50 bits per heavy atom. The van der Waals surface area contributed by atoms with Crippen molar-refractivity contribution in [2.24, 2.45) is 0 Å². The molecule has 0 aliphatic heterocycles. The Kier molecular flexibility index (Phi) is 5.30. The maximum atomic E-state index is 11.6. The van der Waals surface area contributed by atoms with Gasteiger partial charge in [0.15, 0.2) is 0 Å². The van der Waals surface area contributed by atoms with Gasteiger partial charge in [0.05, 0.1) is 0 Å². The molecule has 0 bridgehead atoms. The summed E-state index contributed by atoms with van der Waals surface area (Å²) in [6.07, 6.45) is 1.32. The zero-order chi connectivity index (χ0) is 15.3. The summed E-state index contributed by atoms with van der Waals surface area (Å²) in [5, 5.41) is 2.76. The molecular weight excluding hydrogens is 256 g/mol. The summed E-state index contributed by atoms with van der Waals surface area (Å²) in [5.74, 6) is 1.55. The highest BCUT2D eigenvalue weighted by Gasteiger charge is 2.18. The van der Waals surface area contributed by atoms with E-state index in [1.54, 1.807) is 6.20 Å². The molecule has 6 heteroatoms. The number of alkyl carbamates (subject to hydrolysis) is 1. The molecule has 1 aromatic heterocycles. The molecule has 0 saturated heterocycles. The Bertz CT molecular complexity index is 457. The van der Waals surface area contributed by atoms with E-state index >= 15 is 0 Å². The lowest BCUT2D eigenvalue weighted by molar-refractivity contribution is 0.0525. The number of anilines is 1. The number of likely N-dealkylation sites (N-methyl/N-ethyl adjacent to an activating group) is 1. The van der Waals surface area contributed by atoms with Crippen molar-refractivity contribution in [1.29, 1.82) is 0 Å². The second-order valence-corrected chi connectivity index (χ2v) is 5.80. The van der Waals surface area contributed by atoms with E-state index in [1.165, 1.54) is 0 Å². The first kappa shape index (κ1) is 16.2. The molecule has 0 saturated carbocycles. The lowest BCUT2D eigenvalue weighted by Crippen LogP contribution is -2.42. The van der Waals surface area contributed by atoms with Crippen LogP contribution in [0.3, 0.4) is 0 Å². The summed E-state index contributed by atoms with van der Waals surface area (Å²) in [7, 11) is 1.93. The molecule has 0 unspecified atom stereocenters. The van der Waals surface area contributed by atoms with Gasteiger partial charge in [-0.2, -0.15) is 0 Å². The molecule has 1 aromatic rings. The molecule has 1 heterocycles. The number of nitrogens with zero attached hydrogens (tertiary/aromatic N) is 3. The molecule has 0 fully saturated rings. The molecule has 6 nitrogen and oxygen atoms in total. The highest BCUT2D eigenvalue weighted by Crippen LogP contribution is 2.11. The summed E-state index contributed by atoms with van der Waals surface area (Å²) < 4.78 is 5.20. The number of nitrogens with one attached hydrogen (secondary N) is 1. The summed E-state index contributed by atoms with van der Waals surface area (Å²) in [6.45, 7) is 9.85. The maximum Gasteiger partial charge on any atom is 0.407 e. The van der Waals surface area contributed by atoms with Crippen LogP contribution in [0.4, 0.5) is 10.6 Å². The molecule has 1 N–H and O–H groups in total. The van der Waals surface area contributed by atoms with Gasteiger partial charge in [-0.3, -0.25) is 0 Å². The molecule has 0 aliphatic rings. The summed E-state index contributed by atoms with van der Waals surface area (Å²) in [4.78, 5) is 22.0. The number of carbonyl (C=O) groups excluding carboxylic acids is 1. The normalized spacial score (nSPS) is 12.7. The fourth-order valence-corrected chi connectivity index (χ4v) is 1.55. The van der Waals surface area contributed by atoms with Crippen LogP contribution in [0.5, 0.6) is 0 Å². The second-order valence-electron chi connectivity index (χ2n) is 5.80. The van der Waals surface area contributed by atoms with Crippen molar-refractivity contribution in [2.45, 2.75) is 46.3 Å². The van der Waals surface area contributed by atoms with E-state index in [9.17, 15) is 4.79 Å². The summed E-state index contributed by atoms with van der Waals surface area (Å²) >= 11 is 0. The van der Waals surface area contributed by atoms with Gasteiger partial charge in [-0.05, 0) is 40.7 Å². The van der Waals surface area contributed by atoms with E-state index in [0.29, 0.717) is 6.54 Å². The van der Waals surface area contributed by atoms with Gasteiger partial charge in [-0.15, -0.1) is 0 Å². The van der Waals surface area contributed by atoms with Crippen molar-refractivity contribution >= 4 is 11.9 Å². The van der Waals surface area contributed by atoms with Crippen LogP contribution < -0.4 is 10.2 Å². The summed E-state index contributed by atoms with van der Waals surface area (Å²) in [5.41, 5.74) is -0.483. The van der Waals surface area contributed by atoms with Crippen molar-refractivity contribution in [1.82, 2.24) is 15.3 Å². The van der Waals surface area contributed by atoms with Crippen molar-refractivity contribution in [3.63, 3.8) is 0 Å². The molecular formula is C14H24N4O2. The van der Waals surface area contributed by atoms with E-state index in [0.717, 1.165) is 11.6 Å². The van der Waals surface area contributed by atoms with Crippen molar-refractivity contribution < 1.29 is 9.53 Å². The van der Waals surface area contributed by atoms with Gasteiger partial charge in [0.2, 0.25) is 0 Å². The van der Waals surface area contributed by atoms with Gasteiger partial charge in [-0.1, -0.05) is 0 Å². The average molecular weight is 280 g/mol. The van der Waals surface area contributed by atoms with Gasteiger partial charge in [-0.25, -0.2) is 14.8 Å². The quantitative estimate of drug-likeness (QED) is 0.915. The zero-order valence-corrected chi connectivity index (χ0v) is 13.1. The van der Waals surface area contributed by atoms with Gasteiger partial charge >= 0.3 is 6.09 Å². The molecule has 0 aliphatic carbocycles. The van der Waals surface area contributed by atoms with E-state index < -0.39 is 11.7 Å². The van der Waals surface area contributed by atoms with E-state index in [-0.39, 0.29) is 6.04 Å². The van der Waals surface area contributed by atoms with Crippen molar-refractivity contribution in [2.75, 3.05) is 18.5 Å². The van der Waals surface area contributed by atoms with E-state index in [4.69, 9.17) is 4.74 Å². The van der Waals surface area contributed by atoms with Crippen molar-refractivity contribution in [3.8, 4) is 0 Å². The van der Waals surface area contributed by atoms with Crippen LogP contribution in [0.15, 0.2) is 12.3 Å². The molecule has 1 atom stereocenters. The lowest BCUT2D eigenvalue weighted by atomic mass is 10.2. The molecule has 1 amide bonds. The van der Waals surface area contributed by atoms with Gasteiger partial charge in [0, 0.05) is 25.8 Å². The first-order valence-electron chi connectivity index (χ1n) is 6.68. The maximum absolute atomic E-state index is 11.6. The highest BCUT2D eigenvalue weighted by molar-refractivity contribution is 5.67. The first-order valence-corrected chi connectivity index (χ1v) is 6.68. The number of aromatic nitrogens is 2. The zero-order valence-electron chi connectivity index (χ0n) is 13.1. The third-order valence-electron chi connectivity index (χ3n) is 2.72. The molecule has 0 spiro atoms. The van der Waals surface area contributed by atoms with Crippen LogP contribution in [-0.4, -0.2) is 41.3 Å². The summed E-state index contributed by atoms with van der Waals surface area (Å²) in [6, 6.07) is 1.94. The standard InChI is InChI=1S/C14H24N4O2/c1-10(9-16-13(19)20-14(3,4)5)18(6)12-7-8-15-11(2)17-12/h7-8,10H,9H2,1-6H3,(H,16,19)/t10-/m1/s1. The minimum atomic E-state index is -0.483. The van der Waals surface area contributed by atoms with Crippen LogP contribution in [0.25, 0.3) is 0 Å². The lowest BCUT2D eigenvalue weighted by Gasteiger charge is -2.27. The second kappa shape index (κ2) is 6.54. The third kappa shape index (κ3) is 5.42. The first-order chi connectivity index (χ1) is 9.19. The Balaban J connectivity index is 2.50. The van der Waals surface area contributed by atoms with Gasteiger partial charge in [0.1, 0.15) is 17.2 Å². The average Bonchev–Trinajstić information content (AvgIpc) is 2.33. The van der Waals surface area contributed by atoms with E-state index in [1.807, 2.05) is 52.6 Å². The number of amides is 1. The number of carbonyl (C=O) groups is 1. The number of rotatable bonds is 4. The molecule has 20 heavy (non-hydrogen) atoms. The minimum absolute atomic E-state index is 0.0943. The predicted molar refractivity (Wildman–Crippen MR) is 78.9 cm³/mol. The van der Waals surface area contributed by atoms with E-state index in [2.05, 4.69) is 15.3 Å². The Morgan fingerprint density at radius 3 is 2.70 bits per heavy atom. The number of hydrogen-bond donors (Lipinski definition) is 1.